The molecule has 5 heteroatoms. The molecular formula is C29H23NO3S. The molecule has 1 aliphatic heterocycles. The third kappa shape index (κ3) is 4.35. The second kappa shape index (κ2) is 9.57. The number of ether oxygens (including phenoxy) is 1. The summed E-state index contributed by atoms with van der Waals surface area (Å²) in [5.74, 6) is -0.626. The molecule has 168 valence electrons. The van der Waals surface area contributed by atoms with Crippen molar-refractivity contribution >= 4 is 29.0 Å². The molecule has 0 aliphatic carbocycles. The van der Waals surface area contributed by atoms with Crippen molar-refractivity contribution in [2.24, 2.45) is 4.99 Å². The van der Waals surface area contributed by atoms with Gasteiger partial charge < -0.3 is 4.74 Å². The molecule has 1 aromatic heterocycles. The number of ketones is 1. The molecule has 0 spiro atoms. The normalized spacial score (nSPS) is 18.2. The van der Waals surface area contributed by atoms with Crippen LogP contribution >= 0.6 is 11.3 Å². The highest BCUT2D eigenvalue weighted by atomic mass is 32.1. The second-order valence-corrected chi connectivity index (χ2v) is 9.27. The maximum absolute atomic E-state index is 13.7. The Hall–Kier alpha value is -3.83. The van der Waals surface area contributed by atoms with Gasteiger partial charge >= 0.3 is 5.97 Å². The molecule has 2 heterocycles. The number of carbonyl (C=O) groups is 2. The van der Waals surface area contributed by atoms with Gasteiger partial charge in [0.05, 0.1) is 4.88 Å². The van der Waals surface area contributed by atoms with Crippen molar-refractivity contribution in [2.75, 3.05) is 0 Å². The van der Waals surface area contributed by atoms with E-state index in [4.69, 9.17) is 9.73 Å². The molecule has 4 aromatic rings. The topological polar surface area (TPSA) is 55.7 Å². The Balaban J connectivity index is 1.65. The maximum atomic E-state index is 13.7. The van der Waals surface area contributed by atoms with Crippen molar-refractivity contribution in [3.05, 3.63) is 130 Å². The average Bonchev–Trinajstić information content (AvgIpc) is 3.53. The number of rotatable bonds is 8. The molecule has 0 unspecified atom stereocenters. The summed E-state index contributed by atoms with van der Waals surface area (Å²) in [6.07, 6.45) is 0.484. The van der Waals surface area contributed by atoms with Gasteiger partial charge in [-0.25, -0.2) is 9.79 Å². The molecular weight excluding hydrogens is 442 g/mol. The first-order valence-electron chi connectivity index (χ1n) is 11.2. The van der Waals surface area contributed by atoms with Crippen molar-refractivity contribution < 1.29 is 14.3 Å². The van der Waals surface area contributed by atoms with E-state index in [0.717, 1.165) is 16.7 Å². The highest BCUT2D eigenvalue weighted by Crippen LogP contribution is 2.43. The zero-order chi connectivity index (χ0) is 23.4. The van der Waals surface area contributed by atoms with E-state index in [-0.39, 0.29) is 12.2 Å². The molecule has 2 atom stereocenters. The van der Waals surface area contributed by atoms with Crippen LogP contribution in [0.3, 0.4) is 0 Å². The first-order chi connectivity index (χ1) is 16.7. The molecule has 0 saturated heterocycles. The predicted molar refractivity (Wildman–Crippen MR) is 134 cm³/mol. The molecule has 4 nitrogen and oxygen atoms in total. The van der Waals surface area contributed by atoms with Crippen LogP contribution in [0, 0.1) is 0 Å². The van der Waals surface area contributed by atoms with E-state index in [1.807, 2.05) is 109 Å². The summed E-state index contributed by atoms with van der Waals surface area (Å²) in [7, 11) is 0. The van der Waals surface area contributed by atoms with Crippen molar-refractivity contribution in [1.29, 1.82) is 0 Å². The van der Waals surface area contributed by atoms with E-state index in [0.29, 0.717) is 17.2 Å². The molecule has 1 aliphatic rings. The quantitative estimate of drug-likeness (QED) is 0.234. The zero-order valence-electron chi connectivity index (χ0n) is 18.5. The van der Waals surface area contributed by atoms with Gasteiger partial charge in [0.2, 0.25) is 5.90 Å². The first kappa shape index (κ1) is 22.0. The van der Waals surface area contributed by atoms with Gasteiger partial charge in [-0.05, 0) is 34.7 Å². The lowest BCUT2D eigenvalue weighted by Crippen LogP contribution is -2.43. The smallest absolute Gasteiger partial charge is 0.341 e. The number of aliphatic imine (C=N–C) groups is 1. The van der Waals surface area contributed by atoms with Crippen LogP contribution in [0.1, 0.15) is 38.7 Å². The molecule has 0 amide bonds. The van der Waals surface area contributed by atoms with Crippen LogP contribution in [-0.2, 0) is 16.0 Å². The van der Waals surface area contributed by atoms with Crippen molar-refractivity contribution in [3.8, 4) is 0 Å². The van der Waals surface area contributed by atoms with Gasteiger partial charge in [0, 0.05) is 24.3 Å². The first-order valence-corrected chi connectivity index (χ1v) is 12.1. The number of esters is 1. The summed E-state index contributed by atoms with van der Waals surface area (Å²) in [6.45, 7) is 0. The Bertz CT molecular complexity index is 1300. The number of cyclic esters (lactones) is 1. The van der Waals surface area contributed by atoms with Gasteiger partial charge in [-0.1, -0.05) is 84.9 Å². The fourth-order valence-electron chi connectivity index (χ4n) is 4.46. The van der Waals surface area contributed by atoms with Crippen LogP contribution in [-0.4, -0.2) is 23.2 Å². The lowest BCUT2D eigenvalue weighted by Gasteiger charge is -2.32. The van der Waals surface area contributed by atoms with E-state index in [1.54, 1.807) is 0 Å². The van der Waals surface area contributed by atoms with Crippen molar-refractivity contribution in [1.82, 2.24) is 0 Å². The number of thiophene rings is 1. The van der Waals surface area contributed by atoms with E-state index >= 15 is 0 Å². The standard InChI is InChI=1S/C29H23NO3S/c31-25(26-17-10-18-34-26)19-24(22-13-6-2-7-14-22)29(20-21-11-4-1-5-12-21)28(32)33-27(30-29)23-15-8-3-9-16-23/h1-18,24H,19-20H2/t24-,29-/m1/s1. The van der Waals surface area contributed by atoms with Crippen LogP contribution < -0.4 is 0 Å². The third-order valence-corrected chi connectivity index (χ3v) is 7.06. The summed E-state index contributed by atoms with van der Waals surface area (Å²) in [6, 6.07) is 32.6. The summed E-state index contributed by atoms with van der Waals surface area (Å²) < 4.78 is 5.81. The fraction of sp³-hybridized carbons (Fsp3) is 0.138. The molecule has 34 heavy (non-hydrogen) atoms. The minimum atomic E-state index is -1.26. The van der Waals surface area contributed by atoms with E-state index in [1.165, 1.54) is 11.3 Å². The molecule has 0 saturated carbocycles. The Morgan fingerprint density at radius 2 is 1.50 bits per heavy atom. The van der Waals surface area contributed by atoms with Gasteiger partial charge in [0.25, 0.3) is 0 Å². The highest BCUT2D eigenvalue weighted by molar-refractivity contribution is 7.12. The van der Waals surface area contributed by atoms with Gasteiger partial charge in [0.1, 0.15) is 0 Å². The van der Waals surface area contributed by atoms with Crippen molar-refractivity contribution in [2.45, 2.75) is 24.3 Å². The third-order valence-electron chi connectivity index (χ3n) is 6.15. The summed E-state index contributed by atoms with van der Waals surface area (Å²) in [4.78, 5) is 32.7. The highest BCUT2D eigenvalue weighted by Gasteiger charge is 2.53. The minimum absolute atomic E-state index is 0.00699. The SMILES string of the molecule is O=C(C[C@H](c1ccccc1)[C@@]1(Cc2ccccc2)N=C(c2ccccc2)OC1=O)c1cccs1. The second-order valence-electron chi connectivity index (χ2n) is 8.33. The Morgan fingerprint density at radius 3 is 2.15 bits per heavy atom. The lowest BCUT2D eigenvalue weighted by molar-refractivity contribution is -0.139. The van der Waals surface area contributed by atoms with E-state index < -0.39 is 17.4 Å². The molecule has 0 radical (unpaired) electrons. The molecule has 0 bridgehead atoms. The monoisotopic (exact) mass is 465 g/mol. The van der Waals surface area contributed by atoms with Gasteiger partial charge in [-0.3, -0.25) is 4.79 Å². The van der Waals surface area contributed by atoms with Crippen LogP contribution in [0.2, 0.25) is 0 Å². The zero-order valence-corrected chi connectivity index (χ0v) is 19.3. The summed E-state index contributed by atoms with van der Waals surface area (Å²) in [5, 5.41) is 1.89. The van der Waals surface area contributed by atoms with Crippen LogP contribution in [0.25, 0.3) is 0 Å². The Kier molecular flexibility index (Phi) is 6.19. The molecule has 0 N–H and O–H groups in total. The van der Waals surface area contributed by atoms with Gasteiger partial charge in [0.15, 0.2) is 11.3 Å². The van der Waals surface area contributed by atoms with Crippen LogP contribution in [0.15, 0.2) is 114 Å². The maximum Gasteiger partial charge on any atom is 0.341 e. The fourth-order valence-corrected chi connectivity index (χ4v) is 5.14. The summed E-state index contributed by atoms with van der Waals surface area (Å²) >= 11 is 1.41. The lowest BCUT2D eigenvalue weighted by atomic mass is 9.73. The average molecular weight is 466 g/mol. The van der Waals surface area contributed by atoms with Crippen LogP contribution in [0.5, 0.6) is 0 Å². The van der Waals surface area contributed by atoms with Gasteiger partial charge in [-0.15, -0.1) is 11.3 Å². The number of nitrogens with zero attached hydrogens (tertiary/aromatic N) is 1. The summed E-state index contributed by atoms with van der Waals surface area (Å²) in [5.41, 5.74) is 1.32. The van der Waals surface area contributed by atoms with Gasteiger partial charge in [-0.2, -0.15) is 0 Å². The molecule has 0 fully saturated rings. The van der Waals surface area contributed by atoms with E-state index in [2.05, 4.69) is 0 Å². The predicted octanol–water partition coefficient (Wildman–Crippen LogP) is 6.09. The molecule has 3 aromatic carbocycles. The van der Waals surface area contributed by atoms with E-state index in [9.17, 15) is 9.59 Å². The number of Topliss-reactive ketones (excluding diaryl/α,β-unsaturated/α-hetero) is 1. The number of carbonyl (C=O) groups excluding carboxylic acids is 2. The largest absolute Gasteiger partial charge is 0.405 e. The Labute approximate surface area is 202 Å². The molecule has 5 rings (SSSR count). The van der Waals surface area contributed by atoms with Crippen molar-refractivity contribution in [3.63, 3.8) is 0 Å². The Morgan fingerprint density at radius 1 is 0.853 bits per heavy atom. The number of hydrogen-bond acceptors (Lipinski definition) is 5. The van der Waals surface area contributed by atoms with Crippen LogP contribution in [0.4, 0.5) is 0 Å². The number of benzene rings is 3. The minimum Gasteiger partial charge on any atom is -0.405 e. The number of hydrogen-bond donors (Lipinski definition) is 0.